The second-order valence-corrected chi connectivity index (χ2v) is 7.33. The summed E-state index contributed by atoms with van der Waals surface area (Å²) in [5.41, 5.74) is 5.32. The second-order valence-electron chi connectivity index (χ2n) is 6.92. The lowest BCUT2D eigenvalue weighted by Gasteiger charge is -2.28. The molecule has 2 aromatic carbocycles. The molecular weight excluding hydrogens is 434 g/mol. The predicted molar refractivity (Wildman–Crippen MR) is 122 cm³/mol. The Labute approximate surface area is 190 Å². The Bertz CT molecular complexity index is 1070. The molecule has 2 aromatic rings. The molecule has 1 unspecified atom stereocenters. The standard InChI is InChI=1S/C22H24ClN5O4/c1-3-25-20(30)18-22(21(24)31,27-12-26-18)13-5-7-14(8-6-13)28-19(29)16-10-9-15(32-4-2)11-17(16)23/h5-11,27H,3-4,12H2,1-2H3,(H2,24,31)(H,25,30)(H,28,29). The molecule has 0 saturated carbocycles. The first-order valence-corrected chi connectivity index (χ1v) is 10.4. The fraction of sp³-hybridized carbons (Fsp3) is 0.273. The van der Waals surface area contributed by atoms with Crippen molar-refractivity contribution < 1.29 is 19.1 Å². The van der Waals surface area contributed by atoms with Gasteiger partial charge >= 0.3 is 0 Å². The zero-order valence-electron chi connectivity index (χ0n) is 17.7. The summed E-state index contributed by atoms with van der Waals surface area (Å²) in [6.07, 6.45) is 0. The minimum Gasteiger partial charge on any atom is -0.494 e. The Kier molecular flexibility index (Phi) is 7.12. The van der Waals surface area contributed by atoms with Crippen molar-refractivity contribution in [2.24, 2.45) is 10.7 Å². The molecule has 1 atom stereocenters. The topological polar surface area (TPSA) is 135 Å². The van der Waals surface area contributed by atoms with Crippen molar-refractivity contribution in [2.75, 3.05) is 25.1 Å². The number of benzene rings is 2. The third-order valence-corrected chi connectivity index (χ3v) is 5.24. The highest BCUT2D eigenvalue weighted by molar-refractivity contribution is 6.47. The van der Waals surface area contributed by atoms with Gasteiger partial charge in [-0.3, -0.25) is 24.7 Å². The molecule has 0 saturated heterocycles. The molecule has 168 valence electrons. The molecule has 0 radical (unpaired) electrons. The first-order chi connectivity index (χ1) is 15.3. The summed E-state index contributed by atoms with van der Waals surface area (Å²) in [6, 6.07) is 11.2. The number of aliphatic imine (C=N–C) groups is 1. The number of halogens is 1. The highest BCUT2D eigenvalue weighted by Gasteiger charge is 2.49. The van der Waals surface area contributed by atoms with Crippen LogP contribution in [0.3, 0.4) is 0 Å². The second kappa shape index (κ2) is 9.80. The minimum absolute atomic E-state index is 0.00445. The molecule has 1 heterocycles. The summed E-state index contributed by atoms with van der Waals surface area (Å²) >= 11 is 6.21. The van der Waals surface area contributed by atoms with Crippen molar-refractivity contribution in [3.05, 3.63) is 58.6 Å². The molecule has 0 fully saturated rings. The van der Waals surface area contributed by atoms with Crippen LogP contribution < -0.4 is 26.4 Å². The number of nitrogens with zero attached hydrogens (tertiary/aromatic N) is 1. The van der Waals surface area contributed by atoms with Crippen molar-refractivity contribution in [2.45, 2.75) is 19.4 Å². The molecule has 9 nitrogen and oxygen atoms in total. The van der Waals surface area contributed by atoms with E-state index in [9.17, 15) is 14.4 Å². The quantitative estimate of drug-likeness (QED) is 0.479. The first-order valence-electron chi connectivity index (χ1n) is 10.1. The molecule has 0 bridgehead atoms. The molecule has 0 aromatic heterocycles. The van der Waals surface area contributed by atoms with Crippen LogP contribution in [0.1, 0.15) is 29.8 Å². The number of nitrogens with two attached hydrogens (primary N) is 1. The lowest BCUT2D eigenvalue weighted by atomic mass is 9.84. The molecule has 10 heteroatoms. The molecule has 0 aliphatic carbocycles. The summed E-state index contributed by atoms with van der Waals surface area (Å²) in [5, 5.41) is 8.59. The lowest BCUT2D eigenvalue weighted by Crippen LogP contribution is -2.58. The van der Waals surface area contributed by atoms with Gasteiger partial charge in [0, 0.05) is 12.2 Å². The van der Waals surface area contributed by atoms with Crippen molar-refractivity contribution in [1.82, 2.24) is 10.6 Å². The number of ether oxygens (including phenoxy) is 1. The summed E-state index contributed by atoms with van der Waals surface area (Å²) in [6.45, 7) is 4.56. The molecule has 1 aliphatic heterocycles. The third-order valence-electron chi connectivity index (χ3n) is 4.93. The van der Waals surface area contributed by atoms with Crippen LogP contribution in [0.5, 0.6) is 5.75 Å². The molecule has 3 rings (SSSR count). The summed E-state index contributed by atoms with van der Waals surface area (Å²) in [5.74, 6) is -1.06. The average Bonchev–Trinajstić information content (AvgIpc) is 3.21. The zero-order valence-corrected chi connectivity index (χ0v) is 18.5. The number of nitrogens with one attached hydrogen (secondary N) is 3. The molecule has 0 spiro atoms. The smallest absolute Gasteiger partial charge is 0.268 e. The van der Waals surface area contributed by atoms with Crippen molar-refractivity contribution in [3.63, 3.8) is 0 Å². The van der Waals surface area contributed by atoms with Crippen LogP contribution in [-0.2, 0) is 15.1 Å². The van der Waals surface area contributed by atoms with Gasteiger partial charge in [-0.2, -0.15) is 0 Å². The van der Waals surface area contributed by atoms with Crippen molar-refractivity contribution in [1.29, 1.82) is 0 Å². The van der Waals surface area contributed by atoms with Gasteiger partial charge in [-0.25, -0.2) is 0 Å². The molecule has 5 N–H and O–H groups in total. The van der Waals surface area contributed by atoms with Crippen LogP contribution in [0.2, 0.25) is 5.02 Å². The molecular formula is C22H24ClN5O4. The Morgan fingerprint density at radius 3 is 2.47 bits per heavy atom. The first kappa shape index (κ1) is 23.2. The van der Waals surface area contributed by atoms with E-state index < -0.39 is 23.3 Å². The third kappa shape index (κ3) is 4.44. The Morgan fingerprint density at radius 1 is 1.16 bits per heavy atom. The Morgan fingerprint density at radius 2 is 1.88 bits per heavy atom. The van der Waals surface area contributed by atoms with E-state index in [4.69, 9.17) is 22.1 Å². The number of hydrogen-bond acceptors (Lipinski definition) is 6. The zero-order chi connectivity index (χ0) is 23.3. The predicted octanol–water partition coefficient (Wildman–Crippen LogP) is 1.81. The summed E-state index contributed by atoms with van der Waals surface area (Å²) < 4.78 is 5.37. The van der Waals surface area contributed by atoms with Gasteiger partial charge in [0.25, 0.3) is 11.8 Å². The number of anilines is 1. The van der Waals surface area contributed by atoms with E-state index in [0.717, 1.165) is 0 Å². The summed E-state index contributed by atoms with van der Waals surface area (Å²) in [4.78, 5) is 41.6. The highest BCUT2D eigenvalue weighted by atomic mass is 35.5. The normalized spacial score (nSPS) is 17.4. The number of primary amides is 1. The van der Waals surface area contributed by atoms with Gasteiger partial charge < -0.3 is 21.1 Å². The van der Waals surface area contributed by atoms with Gasteiger partial charge in [-0.05, 0) is 49.7 Å². The summed E-state index contributed by atoms with van der Waals surface area (Å²) in [7, 11) is 0. The van der Waals surface area contributed by atoms with Crippen LogP contribution in [0.15, 0.2) is 47.5 Å². The van der Waals surface area contributed by atoms with E-state index in [1.165, 1.54) is 0 Å². The number of amides is 3. The van der Waals surface area contributed by atoms with Gasteiger partial charge in [0.05, 0.1) is 23.9 Å². The van der Waals surface area contributed by atoms with Crippen LogP contribution >= 0.6 is 11.6 Å². The van der Waals surface area contributed by atoms with Gasteiger partial charge in [-0.15, -0.1) is 0 Å². The van der Waals surface area contributed by atoms with Gasteiger partial charge in [0.2, 0.25) is 5.91 Å². The Hall–Kier alpha value is -3.43. The monoisotopic (exact) mass is 457 g/mol. The van der Waals surface area contributed by atoms with Crippen molar-refractivity contribution >= 4 is 40.7 Å². The van der Waals surface area contributed by atoms with Crippen LogP contribution in [0.4, 0.5) is 5.69 Å². The van der Waals surface area contributed by atoms with Gasteiger partial charge in [-0.1, -0.05) is 23.7 Å². The fourth-order valence-corrected chi connectivity index (χ4v) is 3.71. The SMILES string of the molecule is CCNC(=O)C1=NCNC1(C(N)=O)c1ccc(NC(=O)c2ccc(OCC)cc2Cl)cc1. The van der Waals surface area contributed by atoms with E-state index in [1.54, 1.807) is 49.4 Å². The molecule has 1 aliphatic rings. The van der Waals surface area contributed by atoms with Crippen molar-refractivity contribution in [3.8, 4) is 5.75 Å². The Balaban J connectivity index is 1.82. The maximum Gasteiger partial charge on any atom is 0.268 e. The maximum atomic E-state index is 12.6. The average molecular weight is 458 g/mol. The number of carbonyl (C=O) groups is 3. The maximum absolute atomic E-state index is 12.6. The highest BCUT2D eigenvalue weighted by Crippen LogP contribution is 2.29. The largest absolute Gasteiger partial charge is 0.494 e. The van der Waals surface area contributed by atoms with Gasteiger partial charge in [0.1, 0.15) is 11.5 Å². The van der Waals surface area contributed by atoms with E-state index in [1.807, 2.05) is 6.92 Å². The van der Waals surface area contributed by atoms with Crippen LogP contribution in [0.25, 0.3) is 0 Å². The lowest BCUT2D eigenvalue weighted by molar-refractivity contribution is -0.123. The van der Waals surface area contributed by atoms with E-state index in [-0.39, 0.29) is 23.0 Å². The molecule has 32 heavy (non-hydrogen) atoms. The minimum atomic E-state index is -1.56. The number of rotatable bonds is 8. The van der Waals surface area contributed by atoms with E-state index >= 15 is 0 Å². The number of hydrogen-bond donors (Lipinski definition) is 4. The molecule has 3 amide bonds. The van der Waals surface area contributed by atoms with E-state index in [2.05, 4.69) is 20.9 Å². The van der Waals surface area contributed by atoms with E-state index in [0.29, 0.717) is 30.2 Å². The van der Waals surface area contributed by atoms with Crippen LogP contribution in [-0.4, -0.2) is 43.3 Å². The van der Waals surface area contributed by atoms with Gasteiger partial charge in [0.15, 0.2) is 5.54 Å². The fourth-order valence-electron chi connectivity index (χ4n) is 3.45. The number of carbonyl (C=O) groups excluding carboxylic acids is 3. The van der Waals surface area contributed by atoms with Crippen LogP contribution in [0, 0.1) is 0 Å².